The Bertz CT molecular complexity index is 869. The van der Waals surface area contributed by atoms with Crippen LogP contribution in [0.1, 0.15) is 12.8 Å². The highest BCUT2D eigenvalue weighted by atomic mass is 35.5. The molecule has 0 saturated heterocycles. The molecule has 8 heteroatoms. The second-order valence-corrected chi connectivity index (χ2v) is 6.98. The van der Waals surface area contributed by atoms with E-state index in [4.69, 9.17) is 16.0 Å². The number of nitrogens with one attached hydrogen (secondary N) is 1. The van der Waals surface area contributed by atoms with E-state index in [1.54, 1.807) is 11.8 Å². The van der Waals surface area contributed by atoms with Gasteiger partial charge in [0.2, 0.25) is 11.8 Å². The standard InChI is InChI=1S/C18H15ClFN3O2S/c19-13-5-9-15(10-6-13)26-11-1-2-16(24)21-18-23-22-17(25-18)12-3-7-14(20)8-4-12/h3-10H,1-2,11H2,(H,21,23,24). The van der Waals surface area contributed by atoms with Gasteiger partial charge in [0.05, 0.1) is 0 Å². The van der Waals surface area contributed by atoms with Crippen LogP contribution in [0.25, 0.3) is 11.5 Å². The van der Waals surface area contributed by atoms with Crippen molar-refractivity contribution in [2.75, 3.05) is 11.1 Å². The Morgan fingerprint density at radius 1 is 1.12 bits per heavy atom. The van der Waals surface area contributed by atoms with Crippen LogP contribution >= 0.6 is 23.4 Å². The summed E-state index contributed by atoms with van der Waals surface area (Å²) in [5.41, 5.74) is 0.582. The van der Waals surface area contributed by atoms with E-state index in [2.05, 4.69) is 15.5 Å². The van der Waals surface area contributed by atoms with E-state index in [0.29, 0.717) is 23.4 Å². The Morgan fingerprint density at radius 3 is 2.58 bits per heavy atom. The monoisotopic (exact) mass is 391 g/mol. The Hall–Kier alpha value is -2.38. The SMILES string of the molecule is O=C(CCCSc1ccc(Cl)cc1)Nc1nnc(-c2ccc(F)cc2)o1. The van der Waals surface area contributed by atoms with Crippen molar-refractivity contribution < 1.29 is 13.6 Å². The first kappa shape index (κ1) is 18.4. The van der Waals surface area contributed by atoms with E-state index in [9.17, 15) is 9.18 Å². The summed E-state index contributed by atoms with van der Waals surface area (Å²) in [7, 11) is 0. The Kier molecular flexibility index (Phi) is 6.25. The molecule has 2 aromatic carbocycles. The van der Waals surface area contributed by atoms with Crippen molar-refractivity contribution in [3.05, 3.63) is 59.4 Å². The fourth-order valence-electron chi connectivity index (χ4n) is 2.12. The molecule has 0 aliphatic carbocycles. The number of hydrogen-bond acceptors (Lipinski definition) is 5. The van der Waals surface area contributed by atoms with Gasteiger partial charge in [-0.15, -0.1) is 16.9 Å². The van der Waals surface area contributed by atoms with Gasteiger partial charge < -0.3 is 4.42 Å². The number of hydrogen-bond donors (Lipinski definition) is 1. The molecule has 1 aromatic heterocycles. The van der Waals surface area contributed by atoms with Crippen LogP contribution in [0.3, 0.4) is 0 Å². The molecule has 3 aromatic rings. The largest absolute Gasteiger partial charge is 0.403 e. The van der Waals surface area contributed by atoms with E-state index < -0.39 is 0 Å². The van der Waals surface area contributed by atoms with E-state index in [1.165, 1.54) is 24.3 Å². The maximum absolute atomic E-state index is 12.9. The highest BCUT2D eigenvalue weighted by Gasteiger charge is 2.11. The molecule has 0 fully saturated rings. The van der Waals surface area contributed by atoms with E-state index in [0.717, 1.165) is 10.6 Å². The minimum atomic E-state index is -0.349. The molecule has 0 unspecified atom stereocenters. The zero-order valence-electron chi connectivity index (χ0n) is 13.6. The summed E-state index contributed by atoms with van der Waals surface area (Å²) in [6, 6.07) is 13.3. The average molecular weight is 392 g/mol. The normalized spacial score (nSPS) is 10.7. The average Bonchev–Trinajstić information content (AvgIpc) is 3.09. The lowest BCUT2D eigenvalue weighted by Crippen LogP contribution is -2.11. The summed E-state index contributed by atoms with van der Waals surface area (Å²) >= 11 is 7.50. The minimum absolute atomic E-state index is 0.0275. The number of aromatic nitrogens is 2. The van der Waals surface area contributed by atoms with E-state index >= 15 is 0 Å². The van der Waals surface area contributed by atoms with Crippen LogP contribution in [0, 0.1) is 5.82 Å². The first-order chi connectivity index (χ1) is 12.6. The summed E-state index contributed by atoms with van der Waals surface area (Å²) in [5, 5.41) is 10.9. The third-order valence-electron chi connectivity index (χ3n) is 3.39. The number of benzene rings is 2. The Labute approximate surface area is 159 Å². The second-order valence-electron chi connectivity index (χ2n) is 5.37. The number of halogens is 2. The molecule has 5 nitrogen and oxygen atoms in total. The number of thioether (sulfide) groups is 1. The fraction of sp³-hybridized carbons (Fsp3) is 0.167. The molecule has 0 bridgehead atoms. The molecule has 134 valence electrons. The fourth-order valence-corrected chi connectivity index (χ4v) is 3.10. The summed E-state index contributed by atoms with van der Waals surface area (Å²) in [6.07, 6.45) is 1.05. The summed E-state index contributed by atoms with van der Waals surface area (Å²) in [5.74, 6) is 0.479. The van der Waals surface area contributed by atoms with Crippen molar-refractivity contribution in [2.45, 2.75) is 17.7 Å². The molecule has 0 aliphatic heterocycles. The number of anilines is 1. The van der Waals surface area contributed by atoms with Gasteiger partial charge in [-0.2, -0.15) is 0 Å². The molecule has 26 heavy (non-hydrogen) atoms. The van der Waals surface area contributed by atoms with Gasteiger partial charge in [-0.25, -0.2) is 4.39 Å². The minimum Gasteiger partial charge on any atom is -0.403 e. The summed E-state index contributed by atoms with van der Waals surface area (Å²) in [6.45, 7) is 0. The van der Waals surface area contributed by atoms with Crippen LogP contribution in [0.15, 0.2) is 57.8 Å². The molecule has 0 atom stereocenters. The smallest absolute Gasteiger partial charge is 0.322 e. The van der Waals surface area contributed by atoms with Gasteiger partial charge >= 0.3 is 6.01 Å². The Morgan fingerprint density at radius 2 is 1.85 bits per heavy atom. The second kappa shape index (κ2) is 8.82. The van der Waals surface area contributed by atoms with Gasteiger partial charge in [0, 0.05) is 21.9 Å². The molecule has 0 saturated carbocycles. The molecule has 3 rings (SSSR count). The van der Waals surface area contributed by atoms with E-state index in [1.807, 2.05) is 24.3 Å². The van der Waals surface area contributed by atoms with Gasteiger partial charge in [0.15, 0.2) is 0 Å². The highest BCUT2D eigenvalue weighted by molar-refractivity contribution is 7.99. The zero-order valence-corrected chi connectivity index (χ0v) is 15.2. The van der Waals surface area contributed by atoms with Gasteiger partial charge in [-0.05, 0) is 60.7 Å². The van der Waals surface area contributed by atoms with Crippen molar-refractivity contribution >= 4 is 35.3 Å². The third-order valence-corrected chi connectivity index (χ3v) is 4.74. The quantitative estimate of drug-likeness (QED) is 0.451. The summed E-state index contributed by atoms with van der Waals surface area (Å²) in [4.78, 5) is 13.1. The maximum Gasteiger partial charge on any atom is 0.322 e. The lowest BCUT2D eigenvalue weighted by Gasteiger charge is -2.02. The molecular weight excluding hydrogens is 377 g/mol. The molecule has 1 amide bonds. The number of nitrogens with zero attached hydrogens (tertiary/aromatic N) is 2. The first-order valence-corrected chi connectivity index (χ1v) is 9.24. The molecule has 1 heterocycles. The van der Waals surface area contributed by atoms with E-state index in [-0.39, 0.29) is 23.6 Å². The van der Waals surface area contributed by atoms with Crippen molar-refractivity contribution in [1.82, 2.24) is 10.2 Å². The van der Waals surface area contributed by atoms with Crippen molar-refractivity contribution in [2.24, 2.45) is 0 Å². The van der Waals surface area contributed by atoms with Crippen molar-refractivity contribution in [1.29, 1.82) is 0 Å². The lowest BCUT2D eigenvalue weighted by atomic mass is 10.2. The first-order valence-electron chi connectivity index (χ1n) is 7.88. The van der Waals surface area contributed by atoms with Crippen LogP contribution in [0.4, 0.5) is 10.4 Å². The number of carbonyl (C=O) groups is 1. The lowest BCUT2D eigenvalue weighted by molar-refractivity contribution is -0.116. The van der Waals surface area contributed by atoms with Crippen LogP contribution in [0.5, 0.6) is 0 Å². The molecular formula is C18H15ClFN3O2S. The number of amides is 1. The van der Waals surface area contributed by atoms with Gasteiger partial charge in [-0.1, -0.05) is 16.7 Å². The van der Waals surface area contributed by atoms with Crippen molar-refractivity contribution in [3.63, 3.8) is 0 Å². The number of carbonyl (C=O) groups excluding carboxylic acids is 1. The Balaban J connectivity index is 1.43. The van der Waals surface area contributed by atoms with Gasteiger partial charge in [-0.3, -0.25) is 10.1 Å². The van der Waals surface area contributed by atoms with Crippen LogP contribution in [-0.2, 0) is 4.79 Å². The van der Waals surface area contributed by atoms with Crippen LogP contribution < -0.4 is 5.32 Å². The summed E-state index contributed by atoms with van der Waals surface area (Å²) < 4.78 is 18.3. The molecule has 0 radical (unpaired) electrons. The topological polar surface area (TPSA) is 68.0 Å². The van der Waals surface area contributed by atoms with Gasteiger partial charge in [0.1, 0.15) is 5.82 Å². The highest BCUT2D eigenvalue weighted by Crippen LogP contribution is 2.22. The predicted octanol–water partition coefficient (Wildman–Crippen LogP) is 5.04. The maximum atomic E-state index is 12.9. The van der Waals surface area contributed by atoms with Crippen LogP contribution in [0.2, 0.25) is 5.02 Å². The number of rotatable bonds is 7. The van der Waals surface area contributed by atoms with Crippen molar-refractivity contribution in [3.8, 4) is 11.5 Å². The molecule has 0 spiro atoms. The molecule has 1 N–H and O–H groups in total. The predicted molar refractivity (Wildman–Crippen MR) is 99.7 cm³/mol. The zero-order chi connectivity index (χ0) is 18.4. The van der Waals surface area contributed by atoms with Crippen LogP contribution in [-0.4, -0.2) is 21.9 Å². The van der Waals surface area contributed by atoms with Gasteiger partial charge in [0.25, 0.3) is 0 Å². The molecule has 0 aliphatic rings. The third kappa shape index (κ3) is 5.31.